The third-order valence-corrected chi connectivity index (χ3v) is 4.29. The highest BCUT2D eigenvalue weighted by molar-refractivity contribution is 7.99. The molecule has 0 bridgehead atoms. The Morgan fingerprint density at radius 1 is 1.19 bits per heavy atom. The number of thioether (sulfide) groups is 1. The lowest BCUT2D eigenvalue weighted by atomic mass is 10.1. The van der Waals surface area contributed by atoms with Gasteiger partial charge in [0.05, 0.1) is 19.2 Å². The van der Waals surface area contributed by atoms with Gasteiger partial charge in [-0.2, -0.15) is 0 Å². The summed E-state index contributed by atoms with van der Waals surface area (Å²) in [4.78, 5) is 0. The van der Waals surface area contributed by atoms with Crippen LogP contribution < -0.4 is 4.74 Å². The summed E-state index contributed by atoms with van der Waals surface area (Å²) in [5.74, 6) is 1.67. The topological polar surface area (TPSA) is 48.7 Å². The molecule has 0 N–H and O–H groups in total. The fourth-order valence-electron chi connectivity index (χ4n) is 2.34. The van der Waals surface area contributed by atoms with E-state index in [-0.39, 0.29) is 0 Å². The normalized spacial score (nSPS) is 11.4. The van der Waals surface area contributed by atoms with Crippen molar-refractivity contribution in [3.05, 3.63) is 29.8 Å². The second-order valence-corrected chi connectivity index (χ2v) is 5.79. The standard InChI is InChI=1S/C15H17N3O2S/c1-10-8-14-16-17-15(21-7-6-19-2)18(14)13-9-11(20-3)4-5-12(10)13/h4-5,8-9H,6-7H2,1-3H3. The van der Waals surface area contributed by atoms with Crippen molar-refractivity contribution in [2.75, 3.05) is 26.6 Å². The molecule has 3 aromatic rings. The maximum atomic E-state index is 5.35. The van der Waals surface area contributed by atoms with Crippen LogP contribution in [0.4, 0.5) is 0 Å². The van der Waals surface area contributed by atoms with E-state index >= 15 is 0 Å². The van der Waals surface area contributed by atoms with Crippen LogP contribution in [0.1, 0.15) is 5.56 Å². The van der Waals surface area contributed by atoms with Crippen LogP contribution in [-0.2, 0) is 4.74 Å². The molecule has 0 saturated carbocycles. The van der Waals surface area contributed by atoms with Gasteiger partial charge in [0.25, 0.3) is 0 Å². The molecule has 0 atom stereocenters. The van der Waals surface area contributed by atoms with Crippen LogP contribution >= 0.6 is 11.8 Å². The van der Waals surface area contributed by atoms with E-state index in [2.05, 4.69) is 33.7 Å². The number of methoxy groups -OCH3 is 2. The number of pyridine rings is 1. The summed E-state index contributed by atoms with van der Waals surface area (Å²) in [6.45, 7) is 2.77. The minimum absolute atomic E-state index is 0.687. The Hall–Kier alpha value is -1.79. The van der Waals surface area contributed by atoms with Crippen LogP contribution in [-0.4, -0.2) is 41.2 Å². The molecule has 1 aromatic carbocycles. The van der Waals surface area contributed by atoms with Crippen molar-refractivity contribution in [2.45, 2.75) is 12.1 Å². The second-order valence-electron chi connectivity index (χ2n) is 4.73. The van der Waals surface area contributed by atoms with Gasteiger partial charge in [-0.1, -0.05) is 11.8 Å². The van der Waals surface area contributed by atoms with E-state index in [1.807, 2.05) is 12.1 Å². The third kappa shape index (κ3) is 2.56. The first-order valence-electron chi connectivity index (χ1n) is 6.69. The van der Waals surface area contributed by atoms with Gasteiger partial charge in [0.1, 0.15) is 5.75 Å². The lowest BCUT2D eigenvalue weighted by Crippen LogP contribution is -1.97. The molecule has 3 rings (SSSR count). The van der Waals surface area contributed by atoms with Gasteiger partial charge in [-0.3, -0.25) is 4.40 Å². The Morgan fingerprint density at radius 3 is 2.81 bits per heavy atom. The monoisotopic (exact) mass is 303 g/mol. The van der Waals surface area contributed by atoms with Crippen LogP contribution in [0.15, 0.2) is 29.4 Å². The molecule has 0 aliphatic heterocycles. The average Bonchev–Trinajstić information content (AvgIpc) is 2.90. The third-order valence-electron chi connectivity index (χ3n) is 3.39. The smallest absolute Gasteiger partial charge is 0.196 e. The largest absolute Gasteiger partial charge is 0.497 e. The van der Waals surface area contributed by atoms with Crippen molar-refractivity contribution in [3.8, 4) is 5.75 Å². The Balaban J connectivity index is 2.20. The van der Waals surface area contributed by atoms with Gasteiger partial charge < -0.3 is 9.47 Å². The fourth-order valence-corrected chi connectivity index (χ4v) is 3.19. The molecule has 0 aliphatic rings. The van der Waals surface area contributed by atoms with E-state index in [0.717, 1.165) is 27.8 Å². The van der Waals surface area contributed by atoms with Crippen molar-refractivity contribution in [1.29, 1.82) is 0 Å². The molecule has 2 heterocycles. The highest BCUT2D eigenvalue weighted by Gasteiger charge is 2.12. The number of rotatable bonds is 5. The SMILES string of the molecule is COCCSc1nnc2cc(C)c3ccc(OC)cc3n12. The first kappa shape index (κ1) is 14.2. The van der Waals surface area contributed by atoms with Gasteiger partial charge in [-0.25, -0.2) is 0 Å². The molecule has 0 aliphatic carbocycles. The zero-order valence-corrected chi connectivity index (χ0v) is 13.1. The molecule has 110 valence electrons. The zero-order valence-electron chi connectivity index (χ0n) is 12.3. The van der Waals surface area contributed by atoms with Gasteiger partial charge in [-0.15, -0.1) is 10.2 Å². The van der Waals surface area contributed by atoms with Crippen molar-refractivity contribution in [1.82, 2.24) is 14.6 Å². The van der Waals surface area contributed by atoms with Crippen LogP contribution in [0.3, 0.4) is 0 Å². The van der Waals surface area contributed by atoms with Crippen LogP contribution in [0, 0.1) is 6.92 Å². The molecular weight excluding hydrogens is 286 g/mol. The number of fused-ring (bicyclic) bond motifs is 3. The minimum Gasteiger partial charge on any atom is -0.497 e. The molecule has 2 aromatic heterocycles. The van der Waals surface area contributed by atoms with Gasteiger partial charge in [-0.05, 0) is 30.7 Å². The maximum absolute atomic E-state index is 5.35. The molecule has 21 heavy (non-hydrogen) atoms. The minimum atomic E-state index is 0.687. The summed E-state index contributed by atoms with van der Waals surface area (Å²) in [6, 6.07) is 8.14. The number of ether oxygens (including phenoxy) is 2. The number of nitrogens with zero attached hydrogens (tertiary/aromatic N) is 3. The van der Waals surface area contributed by atoms with Crippen molar-refractivity contribution in [2.24, 2.45) is 0 Å². The molecule has 0 spiro atoms. The van der Waals surface area contributed by atoms with E-state index < -0.39 is 0 Å². The quantitative estimate of drug-likeness (QED) is 0.536. The van der Waals surface area contributed by atoms with Crippen molar-refractivity contribution in [3.63, 3.8) is 0 Å². The van der Waals surface area contributed by atoms with Crippen LogP contribution in [0.2, 0.25) is 0 Å². The van der Waals surface area contributed by atoms with Gasteiger partial charge in [0, 0.05) is 24.3 Å². The Labute approximate surface area is 127 Å². The molecule has 0 amide bonds. The summed E-state index contributed by atoms with van der Waals surface area (Å²) in [5, 5.41) is 10.6. The lowest BCUT2D eigenvalue weighted by Gasteiger charge is -2.09. The van der Waals surface area contributed by atoms with Gasteiger partial charge >= 0.3 is 0 Å². The molecule has 6 heteroatoms. The fraction of sp³-hybridized carbons (Fsp3) is 0.333. The molecule has 0 fully saturated rings. The molecule has 5 nitrogen and oxygen atoms in total. The van der Waals surface area contributed by atoms with Gasteiger partial charge in [0.15, 0.2) is 10.8 Å². The van der Waals surface area contributed by atoms with Crippen LogP contribution in [0.25, 0.3) is 16.6 Å². The van der Waals surface area contributed by atoms with Crippen molar-refractivity contribution >= 4 is 28.3 Å². The van der Waals surface area contributed by atoms with Gasteiger partial charge in [0.2, 0.25) is 0 Å². The van der Waals surface area contributed by atoms with E-state index in [9.17, 15) is 0 Å². The first-order chi connectivity index (χ1) is 10.2. The zero-order chi connectivity index (χ0) is 14.8. The van der Waals surface area contributed by atoms with E-state index in [1.54, 1.807) is 26.0 Å². The lowest BCUT2D eigenvalue weighted by molar-refractivity contribution is 0.218. The average molecular weight is 303 g/mol. The second kappa shape index (κ2) is 5.91. The molecular formula is C15H17N3O2S. The summed E-state index contributed by atoms with van der Waals surface area (Å²) >= 11 is 1.64. The number of aromatic nitrogens is 3. The van der Waals surface area contributed by atoms with E-state index in [1.165, 1.54) is 10.9 Å². The first-order valence-corrected chi connectivity index (χ1v) is 7.67. The molecule has 0 saturated heterocycles. The predicted octanol–water partition coefficient (Wildman–Crippen LogP) is 2.94. The van der Waals surface area contributed by atoms with E-state index in [0.29, 0.717) is 6.61 Å². The van der Waals surface area contributed by atoms with E-state index in [4.69, 9.17) is 9.47 Å². The number of hydrogen-bond donors (Lipinski definition) is 0. The highest BCUT2D eigenvalue weighted by Crippen LogP contribution is 2.28. The summed E-state index contributed by atoms with van der Waals surface area (Å²) < 4.78 is 12.5. The number of benzene rings is 1. The van der Waals surface area contributed by atoms with Crippen LogP contribution in [0.5, 0.6) is 5.75 Å². The summed E-state index contributed by atoms with van der Waals surface area (Å²) in [7, 11) is 3.38. The maximum Gasteiger partial charge on any atom is 0.196 e. The Morgan fingerprint density at radius 2 is 2.05 bits per heavy atom. The summed E-state index contributed by atoms with van der Waals surface area (Å²) in [6.07, 6.45) is 0. The summed E-state index contributed by atoms with van der Waals surface area (Å²) in [5.41, 5.74) is 3.10. The molecule has 0 unspecified atom stereocenters. The predicted molar refractivity (Wildman–Crippen MR) is 84.4 cm³/mol. The Bertz CT molecular complexity index is 785. The number of hydrogen-bond acceptors (Lipinski definition) is 5. The van der Waals surface area contributed by atoms with Crippen molar-refractivity contribution < 1.29 is 9.47 Å². The highest BCUT2D eigenvalue weighted by atomic mass is 32.2. The number of aryl methyl sites for hydroxylation is 1. The Kier molecular flexibility index (Phi) is 3.98. The molecule has 0 radical (unpaired) electrons.